The van der Waals surface area contributed by atoms with Gasteiger partial charge in [0.1, 0.15) is 0 Å². The third-order valence-corrected chi connectivity index (χ3v) is 3.43. The molecule has 1 rings (SSSR count). The molecular formula is C12H22F3N. The van der Waals surface area contributed by atoms with E-state index in [9.17, 15) is 13.2 Å². The molecule has 0 heterocycles. The highest BCUT2D eigenvalue weighted by atomic mass is 19.4. The Morgan fingerprint density at radius 1 is 1.12 bits per heavy atom. The van der Waals surface area contributed by atoms with Crippen LogP contribution in [-0.2, 0) is 0 Å². The third-order valence-electron chi connectivity index (χ3n) is 3.43. The lowest BCUT2D eigenvalue weighted by molar-refractivity contribution is -0.135. The van der Waals surface area contributed by atoms with E-state index in [1.54, 1.807) is 0 Å². The first kappa shape index (κ1) is 13.8. The molecule has 1 N–H and O–H groups in total. The maximum absolute atomic E-state index is 11.9. The molecule has 0 spiro atoms. The second kappa shape index (κ2) is 5.89. The number of nitrogens with one attached hydrogen (secondary N) is 1. The molecule has 0 radical (unpaired) electrons. The van der Waals surface area contributed by atoms with Crippen molar-refractivity contribution in [2.45, 2.75) is 58.0 Å². The van der Waals surface area contributed by atoms with E-state index in [0.717, 1.165) is 6.54 Å². The molecule has 0 bridgehead atoms. The summed E-state index contributed by atoms with van der Waals surface area (Å²) in [6, 6.07) is 0. The van der Waals surface area contributed by atoms with Crippen molar-refractivity contribution in [2.75, 3.05) is 13.1 Å². The van der Waals surface area contributed by atoms with Crippen LogP contribution in [0.5, 0.6) is 0 Å². The third kappa shape index (κ3) is 5.73. The van der Waals surface area contributed by atoms with Gasteiger partial charge in [-0.1, -0.05) is 26.2 Å². The molecule has 96 valence electrons. The minimum absolute atomic E-state index is 0.194. The van der Waals surface area contributed by atoms with E-state index in [0.29, 0.717) is 12.0 Å². The molecular weight excluding hydrogens is 215 g/mol. The molecule has 0 aromatic rings. The monoisotopic (exact) mass is 237 g/mol. The van der Waals surface area contributed by atoms with Crippen molar-refractivity contribution in [3.05, 3.63) is 0 Å². The topological polar surface area (TPSA) is 12.0 Å². The van der Waals surface area contributed by atoms with Crippen LogP contribution in [0.3, 0.4) is 0 Å². The highest BCUT2D eigenvalue weighted by Gasteiger charge is 2.27. The van der Waals surface area contributed by atoms with Crippen molar-refractivity contribution in [1.29, 1.82) is 0 Å². The predicted molar refractivity (Wildman–Crippen MR) is 59.4 cm³/mol. The van der Waals surface area contributed by atoms with Gasteiger partial charge in [-0.3, -0.25) is 0 Å². The molecule has 0 amide bonds. The van der Waals surface area contributed by atoms with Gasteiger partial charge in [0.05, 0.1) is 0 Å². The molecule has 0 aromatic carbocycles. The Morgan fingerprint density at radius 2 is 1.75 bits per heavy atom. The Balaban J connectivity index is 2.06. The first-order chi connectivity index (χ1) is 7.41. The Kier molecular flexibility index (Phi) is 5.09. The molecule has 1 aliphatic rings. The average molecular weight is 237 g/mol. The Bertz CT molecular complexity index is 195. The van der Waals surface area contributed by atoms with Gasteiger partial charge in [-0.05, 0) is 31.2 Å². The molecule has 1 nitrogen and oxygen atoms in total. The maximum atomic E-state index is 11.9. The lowest BCUT2D eigenvalue weighted by Crippen LogP contribution is -2.34. The summed E-state index contributed by atoms with van der Waals surface area (Å²) < 4.78 is 35.7. The van der Waals surface area contributed by atoms with E-state index in [-0.39, 0.29) is 6.42 Å². The van der Waals surface area contributed by atoms with E-state index >= 15 is 0 Å². The number of halogens is 3. The SMILES string of the molecule is CC1(CNCCCC(F)(F)F)CCCCC1. The quantitative estimate of drug-likeness (QED) is 0.715. The van der Waals surface area contributed by atoms with E-state index in [4.69, 9.17) is 0 Å². The van der Waals surface area contributed by atoms with Gasteiger partial charge in [-0.15, -0.1) is 0 Å². The number of hydrogen-bond acceptors (Lipinski definition) is 1. The van der Waals surface area contributed by atoms with Gasteiger partial charge in [-0.2, -0.15) is 13.2 Å². The van der Waals surface area contributed by atoms with Crippen LogP contribution < -0.4 is 5.32 Å². The minimum atomic E-state index is -4.00. The second-order valence-corrected chi connectivity index (χ2v) is 5.27. The molecule has 1 saturated carbocycles. The van der Waals surface area contributed by atoms with Gasteiger partial charge < -0.3 is 5.32 Å². The smallest absolute Gasteiger partial charge is 0.316 e. The van der Waals surface area contributed by atoms with Gasteiger partial charge in [0, 0.05) is 13.0 Å². The summed E-state index contributed by atoms with van der Waals surface area (Å²) in [5.41, 5.74) is 0.316. The van der Waals surface area contributed by atoms with Crippen molar-refractivity contribution in [3.63, 3.8) is 0 Å². The molecule has 0 unspecified atom stereocenters. The van der Waals surface area contributed by atoms with Crippen LogP contribution in [0.2, 0.25) is 0 Å². The predicted octanol–water partition coefficient (Wildman–Crippen LogP) is 3.89. The highest BCUT2D eigenvalue weighted by Crippen LogP contribution is 2.34. The summed E-state index contributed by atoms with van der Waals surface area (Å²) in [5, 5.41) is 3.17. The van der Waals surface area contributed by atoms with E-state index in [2.05, 4.69) is 12.2 Å². The lowest BCUT2D eigenvalue weighted by atomic mass is 9.76. The summed E-state index contributed by atoms with van der Waals surface area (Å²) >= 11 is 0. The second-order valence-electron chi connectivity index (χ2n) is 5.27. The molecule has 4 heteroatoms. The fourth-order valence-corrected chi connectivity index (χ4v) is 2.39. The molecule has 1 fully saturated rings. The van der Waals surface area contributed by atoms with Crippen LogP contribution in [0.4, 0.5) is 13.2 Å². The summed E-state index contributed by atoms with van der Waals surface area (Å²) in [4.78, 5) is 0. The number of rotatable bonds is 5. The van der Waals surface area contributed by atoms with E-state index in [1.807, 2.05) is 0 Å². The Labute approximate surface area is 95.8 Å². The van der Waals surface area contributed by atoms with Crippen molar-refractivity contribution < 1.29 is 13.2 Å². The largest absolute Gasteiger partial charge is 0.389 e. The zero-order valence-corrected chi connectivity index (χ0v) is 10.00. The van der Waals surface area contributed by atoms with Gasteiger partial charge >= 0.3 is 6.18 Å². The van der Waals surface area contributed by atoms with Crippen molar-refractivity contribution in [2.24, 2.45) is 5.41 Å². The fourth-order valence-electron chi connectivity index (χ4n) is 2.39. The summed E-state index contributed by atoms with van der Waals surface area (Å²) in [5.74, 6) is 0. The Morgan fingerprint density at radius 3 is 2.31 bits per heavy atom. The first-order valence-corrected chi connectivity index (χ1v) is 6.19. The maximum Gasteiger partial charge on any atom is 0.389 e. The van der Waals surface area contributed by atoms with Crippen LogP contribution in [0.25, 0.3) is 0 Å². The molecule has 0 aliphatic heterocycles. The fraction of sp³-hybridized carbons (Fsp3) is 1.00. The number of hydrogen-bond donors (Lipinski definition) is 1. The van der Waals surface area contributed by atoms with Crippen molar-refractivity contribution in [1.82, 2.24) is 5.32 Å². The normalized spacial score (nSPS) is 21.0. The van der Waals surface area contributed by atoms with Crippen molar-refractivity contribution >= 4 is 0 Å². The zero-order valence-electron chi connectivity index (χ0n) is 10.00. The summed E-state index contributed by atoms with van der Waals surface area (Å²) in [7, 11) is 0. The van der Waals surface area contributed by atoms with E-state index in [1.165, 1.54) is 32.1 Å². The van der Waals surface area contributed by atoms with Gasteiger partial charge in [0.2, 0.25) is 0 Å². The van der Waals surface area contributed by atoms with E-state index < -0.39 is 12.6 Å². The van der Waals surface area contributed by atoms with Crippen LogP contribution in [-0.4, -0.2) is 19.3 Å². The molecule has 1 aliphatic carbocycles. The van der Waals surface area contributed by atoms with Gasteiger partial charge in [0.25, 0.3) is 0 Å². The summed E-state index contributed by atoms with van der Waals surface area (Å²) in [6.07, 6.45) is 1.77. The molecule has 0 atom stereocenters. The average Bonchev–Trinajstić information content (AvgIpc) is 2.16. The van der Waals surface area contributed by atoms with Crippen LogP contribution in [0.15, 0.2) is 0 Å². The molecule has 0 saturated heterocycles. The zero-order chi connectivity index (χ0) is 12.1. The van der Waals surface area contributed by atoms with Crippen LogP contribution in [0, 0.1) is 5.41 Å². The van der Waals surface area contributed by atoms with Crippen LogP contribution in [0.1, 0.15) is 51.9 Å². The first-order valence-electron chi connectivity index (χ1n) is 6.19. The highest BCUT2D eigenvalue weighted by molar-refractivity contribution is 4.80. The molecule has 0 aromatic heterocycles. The number of alkyl halides is 3. The Hall–Kier alpha value is -0.250. The standard InChI is InChI=1S/C12H22F3N/c1-11(6-3-2-4-7-11)10-16-9-5-8-12(13,14)15/h16H,2-10H2,1H3. The minimum Gasteiger partial charge on any atom is -0.316 e. The van der Waals surface area contributed by atoms with Crippen molar-refractivity contribution in [3.8, 4) is 0 Å². The molecule has 16 heavy (non-hydrogen) atoms. The van der Waals surface area contributed by atoms with Gasteiger partial charge in [-0.25, -0.2) is 0 Å². The van der Waals surface area contributed by atoms with Crippen LogP contribution >= 0.6 is 0 Å². The lowest BCUT2D eigenvalue weighted by Gasteiger charge is -2.33. The van der Waals surface area contributed by atoms with Gasteiger partial charge in [0.15, 0.2) is 0 Å². The summed E-state index contributed by atoms with van der Waals surface area (Å²) in [6.45, 7) is 3.59.